The number of hydrogen-bond donors (Lipinski definition) is 1. The number of furan rings is 1. The molecule has 0 fully saturated rings. The maximum absolute atomic E-state index is 11.8. The molecule has 6 heteroatoms. The molecule has 1 N–H and O–H groups in total. The minimum absolute atomic E-state index is 0.0555. The molecule has 1 aromatic heterocycles. The summed E-state index contributed by atoms with van der Waals surface area (Å²) in [6, 6.07) is 0.519. The summed E-state index contributed by atoms with van der Waals surface area (Å²) in [5.41, 5.74) is 0.504. The Morgan fingerprint density at radius 1 is 1.67 bits per heavy atom. The molecule has 1 atom stereocenters. The number of aliphatic carboxylic acids is 1. The fourth-order valence-corrected chi connectivity index (χ4v) is 1.99. The van der Waals surface area contributed by atoms with Crippen molar-refractivity contribution < 1.29 is 23.8 Å². The number of amides is 1. The summed E-state index contributed by atoms with van der Waals surface area (Å²) < 4.78 is 10.1. The van der Waals surface area contributed by atoms with Crippen molar-refractivity contribution in [2.45, 2.75) is 12.5 Å². The lowest BCUT2D eigenvalue weighted by Crippen LogP contribution is -2.43. The van der Waals surface area contributed by atoms with E-state index in [4.69, 9.17) is 9.15 Å². The lowest BCUT2D eigenvalue weighted by molar-refractivity contribution is -0.143. The highest BCUT2D eigenvalue weighted by atomic mass is 16.6. The van der Waals surface area contributed by atoms with Crippen molar-refractivity contribution in [3.8, 4) is 0 Å². The Balaban J connectivity index is 2.24. The van der Waals surface area contributed by atoms with Crippen LogP contribution in [0.3, 0.4) is 0 Å². The van der Waals surface area contributed by atoms with Crippen LogP contribution in [0.1, 0.15) is 17.4 Å². The molecule has 0 aliphatic carbocycles. The Kier molecular flexibility index (Phi) is 3.36. The lowest BCUT2D eigenvalue weighted by Gasteiger charge is -2.31. The molecular weight excluding hydrogens is 238 g/mol. The number of fused-ring (bicyclic) bond motifs is 1. The molecule has 6 nitrogen and oxygen atoms in total. The fourth-order valence-electron chi connectivity index (χ4n) is 1.99. The lowest BCUT2D eigenvalue weighted by atomic mass is 10.0. The third kappa shape index (κ3) is 2.09. The zero-order valence-electron chi connectivity index (χ0n) is 9.67. The molecule has 18 heavy (non-hydrogen) atoms. The molecule has 0 saturated heterocycles. The van der Waals surface area contributed by atoms with E-state index in [0.717, 1.165) is 0 Å². The van der Waals surface area contributed by atoms with Crippen LogP contribution < -0.4 is 0 Å². The average Bonchev–Trinajstić information content (AvgIpc) is 2.82. The Hall–Kier alpha value is -2.24. The van der Waals surface area contributed by atoms with Crippen molar-refractivity contribution in [2.24, 2.45) is 0 Å². The van der Waals surface area contributed by atoms with Crippen molar-refractivity contribution >= 4 is 12.1 Å². The van der Waals surface area contributed by atoms with Gasteiger partial charge in [-0.15, -0.1) is 0 Å². The number of carbonyl (C=O) groups excluding carboxylic acids is 1. The van der Waals surface area contributed by atoms with Crippen LogP contribution in [0, 0.1) is 0 Å². The Bertz CT molecular complexity index is 479. The highest BCUT2D eigenvalue weighted by molar-refractivity contribution is 5.82. The van der Waals surface area contributed by atoms with E-state index in [9.17, 15) is 14.7 Å². The first-order valence-corrected chi connectivity index (χ1v) is 5.48. The van der Waals surface area contributed by atoms with Crippen molar-refractivity contribution in [3.05, 3.63) is 36.3 Å². The molecule has 0 spiro atoms. The summed E-state index contributed by atoms with van der Waals surface area (Å²) in [6.45, 7) is 3.75. The van der Waals surface area contributed by atoms with E-state index in [1.54, 1.807) is 6.07 Å². The number of hydrogen-bond acceptors (Lipinski definition) is 4. The third-order valence-corrected chi connectivity index (χ3v) is 2.76. The molecular formula is C12H13NO5. The zero-order valence-corrected chi connectivity index (χ0v) is 9.67. The molecule has 1 amide bonds. The van der Waals surface area contributed by atoms with Crippen LogP contribution in [0.15, 0.2) is 29.4 Å². The molecule has 1 aliphatic rings. The molecule has 2 rings (SSSR count). The van der Waals surface area contributed by atoms with Crippen LogP contribution in [0.4, 0.5) is 4.79 Å². The maximum Gasteiger partial charge on any atom is 0.411 e. The van der Waals surface area contributed by atoms with Gasteiger partial charge in [-0.2, -0.15) is 0 Å². The minimum Gasteiger partial charge on any atom is -0.479 e. The second-order valence-corrected chi connectivity index (χ2v) is 3.85. The van der Waals surface area contributed by atoms with Crippen molar-refractivity contribution in [3.63, 3.8) is 0 Å². The van der Waals surface area contributed by atoms with Gasteiger partial charge in [0.25, 0.3) is 0 Å². The second-order valence-electron chi connectivity index (χ2n) is 3.85. The predicted octanol–water partition coefficient (Wildman–Crippen LogP) is 1.59. The Morgan fingerprint density at radius 3 is 3.11 bits per heavy atom. The summed E-state index contributed by atoms with van der Waals surface area (Å²) in [5, 5.41) is 9.24. The summed E-state index contributed by atoms with van der Waals surface area (Å²) in [6.07, 6.45) is 2.68. The number of carboxylic acids is 1. The van der Waals surface area contributed by atoms with Gasteiger partial charge in [-0.1, -0.05) is 12.7 Å². The van der Waals surface area contributed by atoms with Gasteiger partial charge < -0.3 is 14.3 Å². The van der Waals surface area contributed by atoms with Crippen molar-refractivity contribution in [2.75, 3.05) is 13.2 Å². The minimum atomic E-state index is -1.10. The first kappa shape index (κ1) is 12.2. The van der Waals surface area contributed by atoms with Crippen molar-refractivity contribution in [1.29, 1.82) is 0 Å². The Morgan fingerprint density at radius 2 is 2.44 bits per heavy atom. The van der Waals surface area contributed by atoms with E-state index in [0.29, 0.717) is 17.7 Å². The van der Waals surface area contributed by atoms with Crippen LogP contribution in [-0.4, -0.2) is 35.2 Å². The van der Waals surface area contributed by atoms with Crippen LogP contribution in [-0.2, 0) is 16.0 Å². The SMILES string of the molecule is C=CCOC(=O)N1CCc2occc2C1C(=O)O. The van der Waals surface area contributed by atoms with Crippen LogP contribution >= 0.6 is 0 Å². The van der Waals surface area contributed by atoms with Gasteiger partial charge >= 0.3 is 12.1 Å². The van der Waals surface area contributed by atoms with Gasteiger partial charge in [-0.05, 0) is 6.07 Å². The second kappa shape index (κ2) is 4.95. The summed E-state index contributed by atoms with van der Waals surface area (Å²) in [4.78, 5) is 24.2. The highest BCUT2D eigenvalue weighted by Crippen LogP contribution is 2.31. The van der Waals surface area contributed by atoms with Gasteiger partial charge in [0.15, 0.2) is 6.04 Å². The number of nitrogens with zero attached hydrogens (tertiary/aromatic N) is 1. The zero-order chi connectivity index (χ0) is 13.1. The van der Waals surface area contributed by atoms with Gasteiger partial charge in [0.05, 0.1) is 6.26 Å². The predicted molar refractivity (Wildman–Crippen MR) is 61.0 cm³/mol. The monoisotopic (exact) mass is 251 g/mol. The Labute approximate surface area is 103 Å². The standard InChI is InChI=1S/C12H13NO5/c1-2-6-18-12(16)13-5-3-9-8(4-7-17-9)10(13)11(14)15/h2,4,7,10H,1,3,5-6H2,(H,14,15). The largest absolute Gasteiger partial charge is 0.479 e. The molecule has 1 unspecified atom stereocenters. The van der Waals surface area contributed by atoms with Gasteiger partial charge in [-0.25, -0.2) is 9.59 Å². The van der Waals surface area contributed by atoms with Crippen LogP contribution in [0.2, 0.25) is 0 Å². The van der Waals surface area contributed by atoms with E-state index in [2.05, 4.69) is 6.58 Å². The van der Waals surface area contributed by atoms with E-state index >= 15 is 0 Å². The molecule has 0 bridgehead atoms. The average molecular weight is 251 g/mol. The molecule has 1 aromatic rings. The first-order valence-electron chi connectivity index (χ1n) is 5.48. The fraction of sp³-hybridized carbons (Fsp3) is 0.333. The molecule has 0 saturated carbocycles. The van der Waals surface area contributed by atoms with E-state index in [1.165, 1.54) is 17.2 Å². The molecule has 0 radical (unpaired) electrons. The topological polar surface area (TPSA) is 80.0 Å². The smallest absolute Gasteiger partial charge is 0.411 e. The summed E-state index contributed by atoms with van der Waals surface area (Å²) in [5.74, 6) is -0.497. The maximum atomic E-state index is 11.8. The molecule has 2 heterocycles. The number of ether oxygens (including phenoxy) is 1. The molecule has 96 valence electrons. The summed E-state index contributed by atoms with van der Waals surface area (Å²) >= 11 is 0. The van der Waals surface area contributed by atoms with Gasteiger partial charge in [0, 0.05) is 18.5 Å². The van der Waals surface area contributed by atoms with Gasteiger partial charge in [-0.3, -0.25) is 4.90 Å². The van der Waals surface area contributed by atoms with E-state index in [1.807, 2.05) is 0 Å². The van der Waals surface area contributed by atoms with Gasteiger partial charge in [0.2, 0.25) is 0 Å². The van der Waals surface area contributed by atoms with Crippen molar-refractivity contribution in [1.82, 2.24) is 4.90 Å². The van der Waals surface area contributed by atoms with Crippen LogP contribution in [0.25, 0.3) is 0 Å². The highest BCUT2D eigenvalue weighted by Gasteiger charge is 2.38. The first-order chi connectivity index (χ1) is 8.65. The molecule has 1 aliphatic heterocycles. The molecule has 0 aromatic carbocycles. The summed E-state index contributed by atoms with van der Waals surface area (Å²) in [7, 11) is 0. The number of carbonyl (C=O) groups is 2. The normalized spacial score (nSPS) is 18.0. The van der Waals surface area contributed by atoms with Crippen LogP contribution in [0.5, 0.6) is 0 Å². The quantitative estimate of drug-likeness (QED) is 0.825. The third-order valence-electron chi connectivity index (χ3n) is 2.76. The van der Waals surface area contributed by atoms with Gasteiger partial charge in [0.1, 0.15) is 12.4 Å². The van der Waals surface area contributed by atoms with E-state index in [-0.39, 0.29) is 13.2 Å². The number of carboxylic acid groups (broad SMARTS) is 1. The number of rotatable bonds is 3. The van der Waals surface area contributed by atoms with E-state index < -0.39 is 18.1 Å².